The van der Waals surface area contributed by atoms with E-state index in [1.807, 2.05) is 61.6 Å². The molecule has 1 fully saturated rings. The predicted octanol–water partition coefficient (Wildman–Crippen LogP) is 17.2. The molecule has 8 nitrogen and oxygen atoms in total. The number of imidazole rings is 3. The minimum absolute atomic E-state index is 0.326. The van der Waals surface area contributed by atoms with Gasteiger partial charge in [-0.15, -0.1) is 0 Å². The lowest BCUT2D eigenvalue weighted by Gasteiger charge is -2.32. The van der Waals surface area contributed by atoms with E-state index in [-0.39, 0.29) is 18.3 Å². The van der Waals surface area contributed by atoms with E-state index in [0.717, 1.165) is 81.7 Å². The number of hydrogen-bond acceptors (Lipinski definition) is 5. The molecule has 0 unspecified atom stereocenters. The molecule has 0 radical (unpaired) electrons. The Morgan fingerprint density at radius 2 is 0.671 bits per heavy atom. The lowest BCUT2D eigenvalue weighted by atomic mass is 9.79. The zero-order valence-corrected chi connectivity index (χ0v) is 48.3. The van der Waals surface area contributed by atoms with Gasteiger partial charge in [-0.2, -0.15) is 0 Å². The van der Waals surface area contributed by atoms with Crippen LogP contribution in [0.1, 0.15) is 27.7 Å². The van der Waals surface area contributed by atoms with E-state index in [9.17, 15) is 0 Å². The van der Waals surface area contributed by atoms with E-state index in [2.05, 4.69) is 251 Å². The van der Waals surface area contributed by atoms with Crippen LogP contribution in [0.5, 0.6) is 0 Å². The van der Waals surface area contributed by atoms with Crippen LogP contribution in [-0.2, 0) is 30.5 Å². The summed E-state index contributed by atoms with van der Waals surface area (Å²) in [7, 11) is 5.88. The first-order valence-electron chi connectivity index (χ1n) is 26.5. The Hall–Kier alpha value is -7.93. The Morgan fingerprint density at radius 3 is 1.03 bits per heavy atom. The highest BCUT2D eigenvalue weighted by Gasteiger charge is 2.51. The van der Waals surface area contributed by atoms with Crippen molar-refractivity contribution in [3.63, 3.8) is 0 Å². The highest BCUT2D eigenvalue weighted by atomic mass is 79.9. The quantitative estimate of drug-likeness (QED) is 0.155. The molecule has 13 aromatic rings. The fraction of sp³-hybridized carbons (Fsp3) is 0.132. The summed E-state index contributed by atoms with van der Waals surface area (Å²) in [6.45, 7) is 8.28. The summed E-state index contributed by atoms with van der Waals surface area (Å²) < 4.78 is 21.0. The van der Waals surface area contributed by atoms with Crippen LogP contribution in [0.3, 0.4) is 0 Å². The van der Waals surface area contributed by atoms with Gasteiger partial charge in [-0.05, 0) is 120 Å². The number of benzene rings is 10. The molecular formula is C68H57BBr2N6O2. The van der Waals surface area contributed by atoms with Crippen molar-refractivity contribution in [1.82, 2.24) is 28.7 Å². The van der Waals surface area contributed by atoms with Crippen molar-refractivity contribution in [3.8, 4) is 56.4 Å². The molecule has 0 amide bonds. The maximum atomic E-state index is 6.12. The highest BCUT2D eigenvalue weighted by molar-refractivity contribution is 9.11. The summed E-state index contributed by atoms with van der Waals surface area (Å²) in [5.74, 6) is 2.91. The van der Waals surface area contributed by atoms with Crippen LogP contribution in [-0.4, -0.2) is 47.0 Å². The number of fused-ring (bicyclic) bond motifs is 5. The third kappa shape index (κ3) is 9.80. The Balaban J connectivity index is 0.000000141. The van der Waals surface area contributed by atoms with Crippen LogP contribution >= 0.6 is 31.9 Å². The van der Waals surface area contributed by atoms with Gasteiger partial charge >= 0.3 is 7.12 Å². The molecule has 1 aliphatic heterocycles. The van der Waals surface area contributed by atoms with Crippen molar-refractivity contribution in [2.24, 2.45) is 21.1 Å². The number of rotatable bonds is 6. The van der Waals surface area contributed by atoms with Gasteiger partial charge < -0.3 is 23.0 Å². The molecule has 1 saturated heterocycles. The molecule has 4 heterocycles. The largest absolute Gasteiger partial charge is 0.494 e. The van der Waals surface area contributed by atoms with Gasteiger partial charge in [-0.3, -0.25) is 0 Å². The summed E-state index contributed by atoms with van der Waals surface area (Å²) in [6.07, 6.45) is 0. The third-order valence-corrected chi connectivity index (χ3v) is 17.0. The van der Waals surface area contributed by atoms with Crippen molar-refractivity contribution in [1.29, 1.82) is 0 Å². The molecule has 388 valence electrons. The molecule has 11 heteroatoms. The minimum Gasteiger partial charge on any atom is -0.399 e. The van der Waals surface area contributed by atoms with Crippen molar-refractivity contribution in [2.45, 2.75) is 38.9 Å². The van der Waals surface area contributed by atoms with Gasteiger partial charge in [0.25, 0.3) is 0 Å². The fourth-order valence-electron chi connectivity index (χ4n) is 10.7. The van der Waals surface area contributed by atoms with Crippen LogP contribution in [0, 0.1) is 0 Å². The minimum atomic E-state index is -0.334. The fourth-order valence-corrected chi connectivity index (χ4v) is 12.1. The number of aryl methyl sites for hydroxylation is 3. The molecule has 0 spiro atoms. The van der Waals surface area contributed by atoms with Gasteiger partial charge in [0.15, 0.2) is 0 Å². The predicted molar refractivity (Wildman–Crippen MR) is 335 cm³/mol. The topological polar surface area (TPSA) is 71.9 Å². The van der Waals surface area contributed by atoms with E-state index in [0.29, 0.717) is 0 Å². The molecule has 0 aliphatic carbocycles. The van der Waals surface area contributed by atoms with Crippen molar-refractivity contribution < 1.29 is 9.31 Å². The second-order valence-corrected chi connectivity index (χ2v) is 22.8. The Bertz CT molecular complexity index is 4180. The average molecular weight is 1160 g/mol. The first kappa shape index (κ1) is 51.8. The van der Waals surface area contributed by atoms with Gasteiger partial charge in [-0.1, -0.05) is 202 Å². The Labute approximate surface area is 477 Å². The van der Waals surface area contributed by atoms with Crippen LogP contribution in [0.2, 0.25) is 0 Å². The molecule has 1 aliphatic rings. The number of para-hydroxylation sites is 6. The monoisotopic (exact) mass is 1160 g/mol. The molecule has 79 heavy (non-hydrogen) atoms. The van der Waals surface area contributed by atoms with Crippen LogP contribution < -0.4 is 5.46 Å². The van der Waals surface area contributed by atoms with Gasteiger partial charge in [-0.25, -0.2) is 15.0 Å². The van der Waals surface area contributed by atoms with Gasteiger partial charge in [0.2, 0.25) is 0 Å². The summed E-state index contributed by atoms with van der Waals surface area (Å²) in [6, 6.07) is 76.2. The SMILES string of the molecule is Brc1cccc2cccc(Br)c12.Cn1c(-c2ccc(-c3cccc4cccc(-c5ccc(-c6nc7ccccc7n6C)cc5)c34)cc2)nc2ccccc21.Cn1c(-c2ccc(B3OC(C)(C)C(C)(C)O3)cc2)nc2ccccc21. The first-order valence-corrected chi connectivity index (χ1v) is 28.1. The van der Waals surface area contributed by atoms with E-state index in [1.165, 1.54) is 43.8 Å². The van der Waals surface area contributed by atoms with Gasteiger partial charge in [0, 0.05) is 52.2 Å². The molecule has 0 bridgehead atoms. The molecule has 10 aromatic carbocycles. The van der Waals surface area contributed by atoms with Gasteiger partial charge in [0.1, 0.15) is 17.5 Å². The normalized spacial score (nSPS) is 13.7. The molecule has 0 saturated carbocycles. The second-order valence-electron chi connectivity index (χ2n) is 21.1. The molecule has 3 aromatic heterocycles. The van der Waals surface area contributed by atoms with E-state index >= 15 is 0 Å². The first-order chi connectivity index (χ1) is 38.2. The summed E-state index contributed by atoms with van der Waals surface area (Å²) in [5, 5.41) is 4.97. The van der Waals surface area contributed by atoms with Crippen LogP contribution in [0.15, 0.2) is 227 Å². The molecule has 0 N–H and O–H groups in total. The summed E-state index contributed by atoms with van der Waals surface area (Å²) in [4.78, 5) is 14.5. The molecule has 14 rings (SSSR count). The van der Waals surface area contributed by atoms with Crippen molar-refractivity contribution in [3.05, 3.63) is 227 Å². The standard InChI is InChI=1S/C38H28N4.C20H23BN2O2.C10H6Br2/c1-41-34-15-5-3-13-32(34)39-37(41)28-21-17-25(18-22-28)30-11-7-9-27-10-8-12-31(36(27)30)26-19-23-29(24-20-26)38-40-33-14-4-6-16-35(33)42(38)2;1-19(2)20(3,4)25-21(24-19)15-12-10-14(11-13-15)18-22-16-8-6-7-9-17(16)23(18)5;11-8-5-1-3-7-4-2-6-9(12)10(7)8/h3-24H,1-2H3;6-13H,1-5H3;1-6H. The third-order valence-electron chi connectivity index (χ3n) is 15.7. The highest BCUT2D eigenvalue weighted by Crippen LogP contribution is 2.40. The van der Waals surface area contributed by atoms with E-state index < -0.39 is 0 Å². The van der Waals surface area contributed by atoms with E-state index in [1.54, 1.807) is 0 Å². The number of aromatic nitrogens is 6. The second kappa shape index (κ2) is 21.0. The smallest absolute Gasteiger partial charge is 0.399 e. The summed E-state index contributed by atoms with van der Waals surface area (Å²) in [5.41, 5.74) is 14.9. The number of hydrogen-bond donors (Lipinski definition) is 0. The van der Waals surface area contributed by atoms with Crippen LogP contribution in [0.25, 0.3) is 111 Å². The number of halogens is 2. The Kier molecular flexibility index (Phi) is 13.8. The average Bonchev–Trinajstić information content (AvgIpc) is 4.27. The van der Waals surface area contributed by atoms with Crippen molar-refractivity contribution >= 4 is 99.1 Å². The number of nitrogens with zero attached hydrogens (tertiary/aromatic N) is 6. The Morgan fingerprint density at radius 1 is 0.354 bits per heavy atom. The summed E-state index contributed by atoms with van der Waals surface area (Å²) >= 11 is 7.04. The van der Waals surface area contributed by atoms with Crippen molar-refractivity contribution in [2.75, 3.05) is 0 Å². The molecular weight excluding hydrogens is 1100 g/mol. The maximum Gasteiger partial charge on any atom is 0.494 e. The van der Waals surface area contributed by atoms with Gasteiger partial charge in [0.05, 0.1) is 44.3 Å². The lowest BCUT2D eigenvalue weighted by molar-refractivity contribution is 0.00578. The lowest BCUT2D eigenvalue weighted by Crippen LogP contribution is -2.41. The zero-order valence-electron chi connectivity index (χ0n) is 45.1. The maximum absolute atomic E-state index is 6.12. The van der Waals surface area contributed by atoms with Crippen LogP contribution in [0.4, 0.5) is 0 Å². The zero-order chi connectivity index (χ0) is 54.6. The molecule has 0 atom stereocenters. The van der Waals surface area contributed by atoms with E-state index in [4.69, 9.17) is 24.3 Å².